The largest absolute Gasteiger partial charge is 0.462 e. The van der Waals surface area contributed by atoms with Crippen LogP contribution in [0.2, 0.25) is 0 Å². The Kier molecular flexibility index (Phi) is 4.72. The maximum atomic E-state index is 11.0. The fourth-order valence-electron chi connectivity index (χ4n) is 1.19. The second-order valence-electron chi connectivity index (χ2n) is 2.99. The third-order valence-electron chi connectivity index (χ3n) is 1.84. The van der Waals surface area contributed by atoms with E-state index >= 15 is 0 Å². The number of ether oxygens (including phenoxy) is 1. The minimum absolute atomic E-state index is 0.150. The Morgan fingerprint density at radius 1 is 1.36 bits per heavy atom. The van der Waals surface area contributed by atoms with Crippen molar-refractivity contribution in [2.45, 2.75) is 13.5 Å². The second-order valence-corrected chi connectivity index (χ2v) is 2.99. The van der Waals surface area contributed by atoms with Crippen LogP contribution < -0.4 is 5.32 Å². The van der Waals surface area contributed by atoms with Crippen LogP contribution in [0.15, 0.2) is 30.3 Å². The molecule has 14 heavy (non-hydrogen) atoms. The Labute approximate surface area is 84.1 Å². The number of benzene rings is 1. The Balaban J connectivity index is 2.19. The van der Waals surface area contributed by atoms with Crippen LogP contribution in [0.25, 0.3) is 0 Å². The SMILES string of the molecule is CCOC(=O)C[NH2+]Cc1ccccc1. The van der Waals surface area contributed by atoms with Gasteiger partial charge in [-0.1, -0.05) is 30.3 Å². The summed E-state index contributed by atoms with van der Waals surface area (Å²) in [6.45, 7) is 3.48. The van der Waals surface area contributed by atoms with Gasteiger partial charge in [0.15, 0.2) is 6.54 Å². The molecule has 0 bridgehead atoms. The van der Waals surface area contributed by atoms with E-state index in [2.05, 4.69) is 0 Å². The Bertz CT molecular complexity index is 272. The van der Waals surface area contributed by atoms with E-state index in [9.17, 15) is 4.79 Å². The van der Waals surface area contributed by atoms with Crippen LogP contribution >= 0.6 is 0 Å². The van der Waals surface area contributed by atoms with Gasteiger partial charge < -0.3 is 10.1 Å². The van der Waals surface area contributed by atoms with Crippen molar-refractivity contribution in [3.8, 4) is 0 Å². The minimum atomic E-state index is -0.150. The van der Waals surface area contributed by atoms with Gasteiger partial charge in [0.25, 0.3) is 0 Å². The third-order valence-corrected chi connectivity index (χ3v) is 1.84. The molecule has 3 heteroatoms. The van der Waals surface area contributed by atoms with E-state index in [4.69, 9.17) is 4.74 Å². The molecule has 0 fully saturated rings. The highest BCUT2D eigenvalue weighted by Gasteiger charge is 2.03. The maximum absolute atomic E-state index is 11.0. The van der Waals surface area contributed by atoms with Crippen LogP contribution in [0.3, 0.4) is 0 Å². The van der Waals surface area contributed by atoms with Gasteiger partial charge in [0.05, 0.1) is 6.61 Å². The molecule has 0 saturated carbocycles. The average Bonchev–Trinajstić information content (AvgIpc) is 2.20. The Morgan fingerprint density at radius 3 is 2.71 bits per heavy atom. The molecule has 0 aliphatic carbocycles. The Morgan fingerprint density at radius 2 is 2.07 bits per heavy atom. The number of nitrogens with two attached hydrogens (primary N) is 1. The molecule has 0 radical (unpaired) electrons. The predicted molar refractivity (Wildman–Crippen MR) is 53.6 cm³/mol. The maximum Gasteiger partial charge on any atom is 0.361 e. The molecule has 1 aromatic rings. The van der Waals surface area contributed by atoms with Crippen LogP contribution in [0, 0.1) is 0 Å². The number of hydrogen-bond donors (Lipinski definition) is 1. The number of esters is 1. The van der Waals surface area contributed by atoms with Gasteiger partial charge >= 0.3 is 5.97 Å². The first-order chi connectivity index (χ1) is 6.83. The lowest BCUT2D eigenvalue weighted by molar-refractivity contribution is -0.661. The van der Waals surface area contributed by atoms with Gasteiger partial charge in [-0.25, -0.2) is 4.79 Å². The summed E-state index contributed by atoms with van der Waals surface area (Å²) in [7, 11) is 0. The van der Waals surface area contributed by atoms with E-state index in [1.807, 2.05) is 42.6 Å². The number of rotatable bonds is 5. The molecule has 0 aliphatic rings. The van der Waals surface area contributed by atoms with Gasteiger partial charge in [0.2, 0.25) is 0 Å². The molecule has 0 aromatic heterocycles. The van der Waals surface area contributed by atoms with Crippen molar-refractivity contribution in [3.63, 3.8) is 0 Å². The quantitative estimate of drug-likeness (QED) is 0.686. The Hall–Kier alpha value is -1.35. The summed E-state index contributed by atoms with van der Waals surface area (Å²) in [5.74, 6) is -0.150. The van der Waals surface area contributed by atoms with E-state index < -0.39 is 0 Å². The van der Waals surface area contributed by atoms with E-state index in [0.717, 1.165) is 6.54 Å². The molecule has 3 nitrogen and oxygen atoms in total. The van der Waals surface area contributed by atoms with E-state index in [0.29, 0.717) is 13.2 Å². The van der Waals surface area contributed by atoms with Gasteiger partial charge in [0, 0.05) is 5.56 Å². The number of hydrogen-bond acceptors (Lipinski definition) is 2. The van der Waals surface area contributed by atoms with Crippen LogP contribution in [-0.4, -0.2) is 19.1 Å². The normalized spacial score (nSPS) is 9.79. The standard InChI is InChI=1S/C11H15NO2/c1-2-14-11(13)9-12-8-10-6-4-3-5-7-10/h3-7,12H,2,8-9H2,1H3/p+1. The summed E-state index contributed by atoms with van der Waals surface area (Å²) < 4.78 is 4.81. The highest BCUT2D eigenvalue weighted by molar-refractivity contribution is 5.70. The van der Waals surface area contributed by atoms with Crippen molar-refractivity contribution in [1.29, 1.82) is 0 Å². The molecule has 1 rings (SSSR count). The first-order valence-corrected chi connectivity index (χ1v) is 4.84. The first kappa shape index (κ1) is 10.7. The smallest absolute Gasteiger partial charge is 0.361 e. The van der Waals surface area contributed by atoms with Crippen molar-refractivity contribution >= 4 is 5.97 Å². The summed E-state index contributed by atoms with van der Waals surface area (Å²) in [5, 5.41) is 1.94. The molecule has 0 amide bonds. The minimum Gasteiger partial charge on any atom is -0.462 e. The lowest BCUT2D eigenvalue weighted by Gasteiger charge is -2.01. The molecule has 0 aliphatic heterocycles. The lowest BCUT2D eigenvalue weighted by Crippen LogP contribution is -2.84. The topological polar surface area (TPSA) is 42.9 Å². The molecule has 0 unspecified atom stereocenters. The summed E-state index contributed by atoms with van der Waals surface area (Å²) in [6.07, 6.45) is 0. The van der Waals surface area contributed by atoms with Crippen molar-refractivity contribution in [2.24, 2.45) is 0 Å². The third kappa shape index (κ3) is 4.05. The van der Waals surface area contributed by atoms with E-state index in [1.54, 1.807) is 0 Å². The van der Waals surface area contributed by atoms with Crippen molar-refractivity contribution < 1.29 is 14.8 Å². The number of quaternary nitrogens is 1. The van der Waals surface area contributed by atoms with Crippen molar-refractivity contribution in [3.05, 3.63) is 35.9 Å². The molecule has 0 saturated heterocycles. The van der Waals surface area contributed by atoms with Crippen molar-refractivity contribution in [2.75, 3.05) is 13.2 Å². The number of carbonyl (C=O) groups excluding carboxylic acids is 1. The first-order valence-electron chi connectivity index (χ1n) is 4.84. The zero-order valence-corrected chi connectivity index (χ0v) is 8.40. The highest BCUT2D eigenvalue weighted by atomic mass is 16.5. The van der Waals surface area contributed by atoms with Gasteiger partial charge in [-0.3, -0.25) is 0 Å². The summed E-state index contributed by atoms with van der Waals surface area (Å²) in [4.78, 5) is 11.0. The average molecular weight is 194 g/mol. The molecule has 0 spiro atoms. The molecular weight excluding hydrogens is 178 g/mol. The molecule has 0 heterocycles. The second kappa shape index (κ2) is 6.16. The fraction of sp³-hybridized carbons (Fsp3) is 0.364. The van der Waals surface area contributed by atoms with Gasteiger partial charge in [-0.2, -0.15) is 0 Å². The zero-order valence-electron chi connectivity index (χ0n) is 8.40. The summed E-state index contributed by atoms with van der Waals surface area (Å²) >= 11 is 0. The molecular formula is C11H16NO2+. The molecule has 2 N–H and O–H groups in total. The summed E-state index contributed by atoms with van der Waals surface area (Å²) in [5.41, 5.74) is 1.22. The van der Waals surface area contributed by atoms with Gasteiger partial charge in [-0.05, 0) is 6.92 Å². The number of carbonyl (C=O) groups is 1. The fourth-order valence-corrected chi connectivity index (χ4v) is 1.19. The van der Waals surface area contributed by atoms with Gasteiger partial charge in [0.1, 0.15) is 6.54 Å². The zero-order chi connectivity index (χ0) is 10.2. The summed E-state index contributed by atoms with van der Waals surface area (Å²) in [6, 6.07) is 10.1. The molecule has 76 valence electrons. The molecule has 1 aromatic carbocycles. The monoisotopic (exact) mass is 194 g/mol. The van der Waals surface area contributed by atoms with Crippen molar-refractivity contribution in [1.82, 2.24) is 0 Å². The highest BCUT2D eigenvalue weighted by Crippen LogP contribution is 1.94. The van der Waals surface area contributed by atoms with Crippen LogP contribution in [0.5, 0.6) is 0 Å². The van der Waals surface area contributed by atoms with Gasteiger partial charge in [-0.15, -0.1) is 0 Å². The predicted octanol–water partition coefficient (Wildman–Crippen LogP) is 0.313. The molecule has 0 atom stereocenters. The van der Waals surface area contributed by atoms with E-state index in [1.165, 1.54) is 5.56 Å². The van der Waals surface area contributed by atoms with Crippen LogP contribution in [-0.2, 0) is 16.1 Å². The van der Waals surface area contributed by atoms with Crippen LogP contribution in [0.4, 0.5) is 0 Å². The van der Waals surface area contributed by atoms with Crippen LogP contribution in [0.1, 0.15) is 12.5 Å². The lowest BCUT2D eigenvalue weighted by atomic mass is 10.2. The van der Waals surface area contributed by atoms with E-state index in [-0.39, 0.29) is 5.97 Å².